The summed E-state index contributed by atoms with van der Waals surface area (Å²) in [5, 5.41) is 0.528. The number of hydrogen-bond acceptors (Lipinski definition) is 1. The molecule has 22 heavy (non-hydrogen) atoms. The van der Waals surface area contributed by atoms with E-state index in [0.29, 0.717) is 10.6 Å². The molecule has 0 N–H and O–H groups in total. The lowest BCUT2D eigenvalue weighted by atomic mass is 10.0. The Morgan fingerprint density at radius 1 is 1.05 bits per heavy atom. The van der Waals surface area contributed by atoms with Crippen molar-refractivity contribution in [3.8, 4) is 0 Å². The molecule has 0 aliphatic heterocycles. The van der Waals surface area contributed by atoms with Crippen LogP contribution in [0.15, 0.2) is 54.1 Å². The van der Waals surface area contributed by atoms with Gasteiger partial charge < -0.3 is 0 Å². The van der Waals surface area contributed by atoms with Crippen molar-refractivity contribution in [1.29, 1.82) is 0 Å². The number of Topliss-reactive ketones (excluding diaryl/α,β-unsaturated/α-hetero) is 1. The highest BCUT2D eigenvalue weighted by Crippen LogP contribution is 2.23. The number of hydrogen-bond donors (Lipinski definition) is 0. The van der Waals surface area contributed by atoms with Crippen LogP contribution in [0.5, 0.6) is 0 Å². The first kappa shape index (κ1) is 18.2. The Morgan fingerprint density at radius 3 is 2.14 bits per heavy atom. The van der Waals surface area contributed by atoms with E-state index in [4.69, 9.17) is 11.6 Å². The van der Waals surface area contributed by atoms with Crippen LogP contribution in [0.3, 0.4) is 0 Å². The largest absolute Gasteiger partial charge is 0.294 e. The molecule has 0 spiro atoms. The van der Waals surface area contributed by atoms with Crippen LogP contribution in [-0.4, -0.2) is 5.78 Å². The Balaban J connectivity index is 0.000000287. The van der Waals surface area contributed by atoms with Crippen molar-refractivity contribution in [3.63, 3.8) is 0 Å². The number of allylic oxidation sites excluding steroid dienone is 1. The quantitative estimate of drug-likeness (QED) is 0.603. The van der Waals surface area contributed by atoms with Gasteiger partial charge in [-0.3, -0.25) is 4.79 Å². The molecule has 0 aliphatic rings. The number of aryl methyl sites for hydroxylation is 1. The second-order valence-corrected chi connectivity index (χ2v) is 5.67. The number of benzene rings is 2. The fourth-order valence-corrected chi connectivity index (χ4v) is 2.25. The normalized spacial score (nSPS) is 10.7. The highest BCUT2D eigenvalue weighted by atomic mass is 35.5. The van der Waals surface area contributed by atoms with Crippen molar-refractivity contribution in [1.82, 2.24) is 0 Å². The second-order valence-electron chi connectivity index (χ2n) is 5.26. The lowest BCUT2D eigenvalue weighted by Crippen LogP contribution is -1.97. The molecule has 2 heteroatoms. The smallest absolute Gasteiger partial charge is 0.161 e. The molecule has 0 saturated carbocycles. The van der Waals surface area contributed by atoms with Gasteiger partial charge in [0.05, 0.1) is 5.02 Å². The van der Waals surface area contributed by atoms with E-state index >= 15 is 0 Å². The second kappa shape index (κ2) is 9.22. The van der Waals surface area contributed by atoms with E-state index in [2.05, 4.69) is 26.0 Å². The van der Waals surface area contributed by atoms with Crippen LogP contribution in [0.25, 0.3) is 6.08 Å². The molecule has 0 aromatic heterocycles. The Morgan fingerprint density at radius 2 is 1.68 bits per heavy atom. The van der Waals surface area contributed by atoms with Gasteiger partial charge in [0.2, 0.25) is 0 Å². The van der Waals surface area contributed by atoms with Crippen LogP contribution in [-0.2, 0) is 0 Å². The number of carbonyl (C=O) groups excluding carboxylic acids is 1. The molecular weight excluding hydrogens is 292 g/mol. The summed E-state index contributed by atoms with van der Waals surface area (Å²) in [6, 6.07) is 15.8. The Bertz CT molecular complexity index is 642. The fourth-order valence-electron chi connectivity index (χ4n) is 1.93. The van der Waals surface area contributed by atoms with E-state index in [1.807, 2.05) is 43.3 Å². The summed E-state index contributed by atoms with van der Waals surface area (Å²) in [5.41, 5.74) is 4.09. The molecule has 0 aliphatic carbocycles. The van der Waals surface area contributed by atoms with E-state index < -0.39 is 0 Å². The molecule has 2 rings (SSSR count). The lowest BCUT2D eigenvalue weighted by Gasteiger charge is -2.05. The van der Waals surface area contributed by atoms with Gasteiger partial charge in [-0.1, -0.05) is 78.2 Å². The summed E-state index contributed by atoms with van der Waals surface area (Å²) in [5.74, 6) is 0.00996. The molecule has 0 heterocycles. The lowest BCUT2D eigenvalue weighted by molar-refractivity contribution is 0.101. The van der Waals surface area contributed by atoms with Crippen LogP contribution >= 0.6 is 11.6 Å². The number of ketones is 1. The van der Waals surface area contributed by atoms with Gasteiger partial charge in [0.1, 0.15) is 0 Å². The minimum atomic E-state index is 0.00996. The molecule has 0 fully saturated rings. The van der Waals surface area contributed by atoms with Crippen molar-refractivity contribution in [2.24, 2.45) is 0 Å². The SMILES string of the molecule is CC/C(C)=C/c1cccc(Cl)c1C(C)=O.Cc1ccccc1. The average Bonchev–Trinajstić information content (AvgIpc) is 2.48. The summed E-state index contributed by atoms with van der Waals surface area (Å²) < 4.78 is 0. The van der Waals surface area contributed by atoms with E-state index in [0.717, 1.165) is 12.0 Å². The third-order valence-corrected chi connectivity index (χ3v) is 3.61. The molecule has 2 aromatic rings. The van der Waals surface area contributed by atoms with Crippen LogP contribution in [0, 0.1) is 6.92 Å². The zero-order chi connectivity index (χ0) is 16.5. The van der Waals surface area contributed by atoms with Crippen LogP contribution < -0.4 is 0 Å². The van der Waals surface area contributed by atoms with E-state index in [1.165, 1.54) is 11.1 Å². The molecule has 2 aromatic carbocycles. The molecule has 1 nitrogen and oxygen atoms in total. The minimum absolute atomic E-state index is 0.00996. The molecule has 0 saturated heterocycles. The Labute approximate surface area is 138 Å². The van der Waals surface area contributed by atoms with Crippen LogP contribution in [0.4, 0.5) is 0 Å². The molecule has 0 amide bonds. The first-order valence-corrected chi connectivity index (χ1v) is 7.81. The van der Waals surface area contributed by atoms with Crippen molar-refractivity contribution in [3.05, 3.63) is 75.8 Å². The van der Waals surface area contributed by atoms with Gasteiger partial charge in [0.15, 0.2) is 5.78 Å². The zero-order valence-corrected chi connectivity index (χ0v) is 14.4. The van der Waals surface area contributed by atoms with Crippen molar-refractivity contribution in [2.45, 2.75) is 34.1 Å². The van der Waals surface area contributed by atoms with Gasteiger partial charge in [0.25, 0.3) is 0 Å². The maximum absolute atomic E-state index is 11.4. The van der Waals surface area contributed by atoms with Gasteiger partial charge in [-0.25, -0.2) is 0 Å². The third-order valence-electron chi connectivity index (χ3n) is 3.30. The monoisotopic (exact) mass is 314 g/mol. The number of carbonyl (C=O) groups is 1. The maximum Gasteiger partial charge on any atom is 0.161 e. The summed E-state index contributed by atoms with van der Waals surface area (Å²) in [4.78, 5) is 11.4. The zero-order valence-electron chi connectivity index (χ0n) is 13.7. The molecule has 0 unspecified atom stereocenters. The van der Waals surface area contributed by atoms with Gasteiger partial charge in [-0.2, -0.15) is 0 Å². The first-order valence-electron chi connectivity index (χ1n) is 7.44. The maximum atomic E-state index is 11.4. The first-order chi connectivity index (χ1) is 10.5. The van der Waals surface area contributed by atoms with Crippen LogP contribution in [0.2, 0.25) is 5.02 Å². The molecular formula is C20H23ClO. The van der Waals surface area contributed by atoms with Crippen molar-refractivity contribution < 1.29 is 4.79 Å². The molecule has 0 radical (unpaired) electrons. The Hall–Kier alpha value is -1.86. The van der Waals surface area contributed by atoms with Crippen LogP contribution in [0.1, 0.15) is 48.7 Å². The minimum Gasteiger partial charge on any atom is -0.294 e. The highest BCUT2D eigenvalue weighted by Gasteiger charge is 2.09. The van der Waals surface area contributed by atoms with Gasteiger partial charge in [-0.05, 0) is 38.8 Å². The summed E-state index contributed by atoms with van der Waals surface area (Å²) in [7, 11) is 0. The van der Waals surface area contributed by atoms with Gasteiger partial charge >= 0.3 is 0 Å². The summed E-state index contributed by atoms with van der Waals surface area (Å²) >= 11 is 6.00. The Kier molecular flexibility index (Phi) is 7.62. The average molecular weight is 315 g/mol. The number of halogens is 1. The van der Waals surface area contributed by atoms with Crippen molar-refractivity contribution in [2.75, 3.05) is 0 Å². The van der Waals surface area contributed by atoms with Gasteiger partial charge in [-0.15, -0.1) is 0 Å². The van der Waals surface area contributed by atoms with E-state index in [-0.39, 0.29) is 5.78 Å². The third kappa shape index (κ3) is 5.87. The summed E-state index contributed by atoms with van der Waals surface area (Å²) in [6.45, 7) is 7.76. The predicted octanol–water partition coefficient (Wildman–Crippen LogP) is 6.35. The van der Waals surface area contributed by atoms with Crippen molar-refractivity contribution >= 4 is 23.5 Å². The summed E-state index contributed by atoms with van der Waals surface area (Å²) in [6.07, 6.45) is 2.99. The van der Waals surface area contributed by atoms with E-state index in [1.54, 1.807) is 13.0 Å². The fraction of sp³-hybridized carbons (Fsp3) is 0.250. The standard InChI is InChI=1S/C13H15ClO.C7H8/c1-4-9(2)8-11-6-5-7-12(14)13(11)10(3)15;1-7-5-3-2-4-6-7/h5-8H,4H2,1-3H3;2-6H,1H3/b9-8+;. The topological polar surface area (TPSA) is 17.1 Å². The molecule has 0 bridgehead atoms. The molecule has 116 valence electrons. The predicted molar refractivity (Wildman–Crippen MR) is 96.6 cm³/mol. The van der Waals surface area contributed by atoms with Gasteiger partial charge in [0, 0.05) is 5.56 Å². The van der Waals surface area contributed by atoms with E-state index in [9.17, 15) is 4.79 Å². The highest BCUT2D eigenvalue weighted by molar-refractivity contribution is 6.34. The molecule has 0 atom stereocenters. The number of rotatable bonds is 3.